The molecular formula is C25H40N6O4. The number of nitrogens with one attached hydrogen (secondary N) is 3. The van der Waals surface area contributed by atoms with E-state index in [0.717, 1.165) is 5.56 Å². The topological polar surface area (TPSA) is 160 Å². The van der Waals surface area contributed by atoms with Crippen molar-refractivity contribution in [2.75, 3.05) is 26.2 Å². The van der Waals surface area contributed by atoms with Gasteiger partial charge in [-0.2, -0.15) is 0 Å². The first-order valence-electron chi connectivity index (χ1n) is 12.2. The van der Waals surface area contributed by atoms with Crippen molar-refractivity contribution in [2.45, 2.75) is 64.1 Å². The Kier molecular flexibility index (Phi) is 10.7. The summed E-state index contributed by atoms with van der Waals surface area (Å²) in [5.41, 5.74) is 12.7. The smallest absolute Gasteiger partial charge is 0.243 e. The first kappa shape index (κ1) is 28.3. The minimum absolute atomic E-state index is 0.125. The Morgan fingerprint density at radius 2 is 1.60 bits per heavy atom. The maximum atomic E-state index is 12.7. The monoisotopic (exact) mass is 488 g/mol. The molecule has 4 amide bonds. The van der Waals surface area contributed by atoms with Crippen molar-refractivity contribution < 1.29 is 19.2 Å². The number of rotatable bonds is 11. The van der Waals surface area contributed by atoms with E-state index in [9.17, 15) is 19.2 Å². The molecular weight excluding hydrogens is 448 g/mol. The summed E-state index contributed by atoms with van der Waals surface area (Å²) >= 11 is 0. The van der Waals surface area contributed by atoms with Gasteiger partial charge in [-0.3, -0.25) is 19.2 Å². The zero-order valence-electron chi connectivity index (χ0n) is 21.0. The van der Waals surface area contributed by atoms with Crippen LogP contribution >= 0.6 is 0 Å². The average molecular weight is 489 g/mol. The summed E-state index contributed by atoms with van der Waals surface area (Å²) in [5.74, 6) is -1.44. The summed E-state index contributed by atoms with van der Waals surface area (Å²) in [4.78, 5) is 51.6. The van der Waals surface area contributed by atoms with E-state index in [1.165, 1.54) is 0 Å². The lowest BCUT2D eigenvalue weighted by Crippen LogP contribution is -2.54. The van der Waals surface area contributed by atoms with Crippen LogP contribution in [0.15, 0.2) is 30.3 Å². The molecule has 0 bridgehead atoms. The fourth-order valence-corrected chi connectivity index (χ4v) is 3.87. The molecule has 0 radical (unpaired) electrons. The van der Waals surface area contributed by atoms with Gasteiger partial charge in [-0.15, -0.1) is 0 Å². The molecule has 1 saturated heterocycles. The van der Waals surface area contributed by atoms with E-state index >= 15 is 0 Å². The van der Waals surface area contributed by atoms with Crippen molar-refractivity contribution in [2.24, 2.45) is 17.4 Å². The van der Waals surface area contributed by atoms with Crippen LogP contribution in [0.3, 0.4) is 0 Å². The van der Waals surface area contributed by atoms with Crippen LogP contribution in [0.4, 0.5) is 0 Å². The minimum Gasteiger partial charge on any atom is -0.346 e. The van der Waals surface area contributed by atoms with Gasteiger partial charge in [-0.25, -0.2) is 0 Å². The Morgan fingerprint density at radius 1 is 1.00 bits per heavy atom. The largest absolute Gasteiger partial charge is 0.346 e. The predicted octanol–water partition coefficient (Wildman–Crippen LogP) is -0.340. The zero-order valence-corrected chi connectivity index (χ0v) is 21.0. The van der Waals surface area contributed by atoms with Crippen LogP contribution in [0.1, 0.15) is 45.6 Å². The van der Waals surface area contributed by atoms with E-state index in [0.29, 0.717) is 38.8 Å². The molecule has 2 rings (SSSR count). The van der Waals surface area contributed by atoms with Gasteiger partial charge in [0.05, 0.1) is 19.1 Å². The van der Waals surface area contributed by atoms with Gasteiger partial charge in [-0.1, -0.05) is 44.2 Å². The van der Waals surface area contributed by atoms with Crippen LogP contribution in [0.5, 0.6) is 0 Å². The van der Waals surface area contributed by atoms with Crippen molar-refractivity contribution in [3.8, 4) is 0 Å². The van der Waals surface area contributed by atoms with Crippen molar-refractivity contribution in [3.63, 3.8) is 0 Å². The second kappa shape index (κ2) is 13.2. The number of benzene rings is 1. The van der Waals surface area contributed by atoms with Gasteiger partial charge < -0.3 is 32.3 Å². The molecule has 0 aliphatic carbocycles. The molecule has 35 heavy (non-hydrogen) atoms. The van der Waals surface area contributed by atoms with Crippen molar-refractivity contribution >= 4 is 23.6 Å². The second-order valence-electron chi connectivity index (χ2n) is 10.0. The predicted molar refractivity (Wildman–Crippen MR) is 134 cm³/mol. The van der Waals surface area contributed by atoms with E-state index in [-0.39, 0.29) is 30.5 Å². The highest BCUT2D eigenvalue weighted by Gasteiger charge is 2.29. The first-order valence-corrected chi connectivity index (χ1v) is 12.2. The Morgan fingerprint density at radius 3 is 2.20 bits per heavy atom. The van der Waals surface area contributed by atoms with Crippen LogP contribution in [-0.4, -0.2) is 72.3 Å². The summed E-state index contributed by atoms with van der Waals surface area (Å²) in [5, 5.41) is 7.82. The maximum Gasteiger partial charge on any atom is 0.243 e. The molecule has 10 heteroatoms. The molecule has 10 nitrogen and oxygen atoms in total. The third-order valence-corrected chi connectivity index (χ3v) is 6.09. The van der Waals surface area contributed by atoms with Gasteiger partial charge in [0.2, 0.25) is 23.6 Å². The fraction of sp³-hybridized carbons (Fsp3) is 0.600. The lowest BCUT2D eigenvalue weighted by molar-refractivity contribution is -0.135. The third kappa shape index (κ3) is 10.0. The number of hydrogen-bond acceptors (Lipinski definition) is 6. The summed E-state index contributed by atoms with van der Waals surface area (Å²) in [6.45, 7) is 6.50. The Labute approximate surface area is 207 Å². The van der Waals surface area contributed by atoms with Gasteiger partial charge in [0.1, 0.15) is 6.04 Å². The first-order chi connectivity index (χ1) is 16.5. The Balaban J connectivity index is 1.80. The maximum absolute atomic E-state index is 12.7. The molecule has 0 aromatic heterocycles. The number of nitrogens with zero attached hydrogens (tertiary/aromatic N) is 1. The number of carbonyl (C=O) groups is 4. The molecule has 2 unspecified atom stereocenters. The summed E-state index contributed by atoms with van der Waals surface area (Å²) in [6.07, 6.45) is 2.16. The van der Waals surface area contributed by atoms with E-state index in [1.807, 2.05) is 51.1 Å². The fourth-order valence-electron chi connectivity index (χ4n) is 3.87. The van der Waals surface area contributed by atoms with Crippen molar-refractivity contribution in [1.29, 1.82) is 0 Å². The highest BCUT2D eigenvalue weighted by atomic mass is 16.2. The van der Waals surface area contributed by atoms with Crippen LogP contribution < -0.4 is 27.4 Å². The lowest BCUT2D eigenvalue weighted by Gasteiger charge is -2.36. The highest BCUT2D eigenvalue weighted by Crippen LogP contribution is 2.18. The van der Waals surface area contributed by atoms with Crippen molar-refractivity contribution in [3.05, 3.63) is 35.9 Å². The summed E-state index contributed by atoms with van der Waals surface area (Å²) in [6, 6.07) is 7.74. The quantitative estimate of drug-likeness (QED) is 0.286. The lowest BCUT2D eigenvalue weighted by atomic mass is 9.91. The molecule has 1 aromatic carbocycles. The van der Waals surface area contributed by atoms with Crippen molar-refractivity contribution in [1.82, 2.24) is 20.9 Å². The molecule has 1 aromatic rings. The van der Waals surface area contributed by atoms with E-state index in [1.54, 1.807) is 4.90 Å². The third-order valence-electron chi connectivity index (χ3n) is 6.09. The zero-order chi connectivity index (χ0) is 26.0. The highest BCUT2D eigenvalue weighted by molar-refractivity contribution is 5.92. The molecule has 194 valence electrons. The number of hydrogen-bond donors (Lipinski definition) is 5. The van der Waals surface area contributed by atoms with Gasteiger partial charge >= 0.3 is 0 Å². The Bertz CT molecular complexity index is 864. The normalized spacial score (nSPS) is 16.8. The molecule has 1 heterocycles. The minimum atomic E-state index is -0.820. The molecule has 1 aliphatic heterocycles. The SMILES string of the molecule is CC(C)CC(NC(=O)CNC(=O)C(N)Cc1ccccc1)C(=O)NCC(=O)N1CCC(C)(N)CC1. The van der Waals surface area contributed by atoms with E-state index < -0.39 is 29.8 Å². The standard InChI is InChI=1S/C25H40N6O4/c1-17(2)13-20(24(35)29-16-22(33)31-11-9-25(3,27)10-12-31)30-21(32)15-28-23(34)19(26)14-18-7-5-4-6-8-18/h4-8,17,19-20H,9-16,26-27H2,1-3H3,(H,28,34)(H,29,35)(H,30,32). The Hall–Kier alpha value is -2.98. The summed E-state index contributed by atoms with van der Waals surface area (Å²) < 4.78 is 0. The van der Waals surface area contributed by atoms with Gasteiger partial charge in [0, 0.05) is 18.6 Å². The molecule has 2 atom stereocenters. The molecule has 1 fully saturated rings. The average Bonchev–Trinajstić information content (AvgIpc) is 2.80. The van der Waals surface area contributed by atoms with E-state index in [2.05, 4.69) is 16.0 Å². The summed E-state index contributed by atoms with van der Waals surface area (Å²) in [7, 11) is 0. The molecule has 7 N–H and O–H groups in total. The molecule has 0 spiro atoms. The van der Waals surface area contributed by atoms with Gasteiger partial charge in [0.15, 0.2) is 0 Å². The van der Waals surface area contributed by atoms with Gasteiger partial charge in [-0.05, 0) is 44.1 Å². The van der Waals surface area contributed by atoms with Gasteiger partial charge in [0.25, 0.3) is 0 Å². The van der Waals surface area contributed by atoms with Crippen LogP contribution in [0.25, 0.3) is 0 Å². The van der Waals surface area contributed by atoms with Crippen LogP contribution in [0.2, 0.25) is 0 Å². The molecule has 1 aliphatic rings. The number of amides is 4. The molecule has 0 saturated carbocycles. The van der Waals surface area contributed by atoms with Crippen LogP contribution in [0, 0.1) is 5.92 Å². The number of likely N-dealkylation sites (tertiary alicyclic amines) is 1. The number of carbonyl (C=O) groups excluding carboxylic acids is 4. The van der Waals surface area contributed by atoms with E-state index in [4.69, 9.17) is 11.5 Å². The van der Waals surface area contributed by atoms with Crippen LogP contribution in [-0.2, 0) is 25.6 Å². The second-order valence-corrected chi connectivity index (χ2v) is 10.0. The number of piperidine rings is 1. The number of nitrogens with two attached hydrogens (primary N) is 2.